The van der Waals surface area contributed by atoms with Gasteiger partial charge < -0.3 is 5.32 Å². The molecule has 0 aliphatic heterocycles. The quantitative estimate of drug-likeness (QED) is 0.863. The molecular weight excluding hydrogens is 212 g/mol. The lowest BCUT2D eigenvalue weighted by molar-refractivity contribution is 0.580. The van der Waals surface area contributed by atoms with E-state index in [0.717, 1.165) is 12.1 Å². The highest BCUT2D eigenvalue weighted by atomic mass is 32.1. The number of likely N-dealkylation sites (N-methyl/N-ethyl adjacent to an activating group) is 1. The number of nitrogens with one attached hydrogen (secondary N) is 1. The third kappa shape index (κ3) is 2.20. The molecule has 2 nitrogen and oxygen atoms in total. The summed E-state index contributed by atoms with van der Waals surface area (Å²) in [7, 11) is 1.98. The topological polar surface area (TPSA) is 24.9 Å². The molecule has 0 aromatic carbocycles. The summed E-state index contributed by atoms with van der Waals surface area (Å²) < 4.78 is 0. The number of thiazole rings is 1. The maximum atomic E-state index is 4.33. The van der Waals surface area contributed by atoms with Crippen LogP contribution >= 0.6 is 22.7 Å². The first-order valence-corrected chi connectivity index (χ1v) is 6.35. The number of hydrogen-bond donors (Lipinski definition) is 1. The summed E-state index contributed by atoms with van der Waals surface area (Å²) in [5.41, 5.74) is 4.40. The summed E-state index contributed by atoms with van der Waals surface area (Å²) >= 11 is 3.39. The van der Waals surface area contributed by atoms with Crippen LogP contribution in [-0.4, -0.2) is 12.0 Å². The summed E-state index contributed by atoms with van der Waals surface area (Å²) in [4.78, 5) is 4.33. The molecule has 0 aliphatic rings. The molecule has 1 N–H and O–H groups in total. The number of hydrogen-bond acceptors (Lipinski definition) is 4. The van der Waals surface area contributed by atoms with E-state index in [1.54, 1.807) is 22.7 Å². The minimum Gasteiger partial charge on any atom is -0.311 e. The van der Waals surface area contributed by atoms with Crippen LogP contribution < -0.4 is 5.32 Å². The highest BCUT2D eigenvalue weighted by Gasteiger charge is 2.11. The molecule has 1 atom stereocenters. The van der Waals surface area contributed by atoms with Crippen molar-refractivity contribution in [2.45, 2.75) is 12.5 Å². The standard InChI is InChI=1S/C10H12N2S2/c1-11-9(10-6-14-7-12-10)4-8-2-3-13-5-8/h2-3,5-7,9,11H,4H2,1H3. The van der Waals surface area contributed by atoms with Crippen LogP contribution in [0.5, 0.6) is 0 Å². The first kappa shape index (κ1) is 9.83. The Morgan fingerprint density at radius 2 is 2.36 bits per heavy atom. The number of rotatable bonds is 4. The summed E-state index contributed by atoms with van der Waals surface area (Å²) in [6.45, 7) is 0. The van der Waals surface area contributed by atoms with Crippen molar-refractivity contribution < 1.29 is 0 Å². The van der Waals surface area contributed by atoms with Gasteiger partial charge in [0.2, 0.25) is 0 Å². The lowest BCUT2D eigenvalue weighted by Crippen LogP contribution is -2.18. The molecule has 0 saturated carbocycles. The second-order valence-corrected chi connectivity index (χ2v) is 4.59. The van der Waals surface area contributed by atoms with Gasteiger partial charge in [-0.3, -0.25) is 0 Å². The second-order valence-electron chi connectivity index (χ2n) is 3.09. The third-order valence-corrected chi connectivity index (χ3v) is 3.51. The average Bonchev–Trinajstić information content (AvgIpc) is 2.86. The van der Waals surface area contributed by atoms with Crippen LogP contribution in [0.1, 0.15) is 17.3 Å². The highest BCUT2D eigenvalue weighted by molar-refractivity contribution is 7.08. The first-order valence-electron chi connectivity index (χ1n) is 4.46. The summed E-state index contributed by atoms with van der Waals surface area (Å²) in [6.07, 6.45) is 1.02. The molecule has 0 spiro atoms. The van der Waals surface area contributed by atoms with Crippen LogP contribution in [-0.2, 0) is 6.42 Å². The Morgan fingerprint density at radius 3 is 2.93 bits per heavy atom. The number of nitrogens with zero attached hydrogens (tertiary/aromatic N) is 1. The smallest absolute Gasteiger partial charge is 0.0795 e. The molecule has 74 valence electrons. The van der Waals surface area contributed by atoms with Crippen molar-refractivity contribution in [3.8, 4) is 0 Å². The monoisotopic (exact) mass is 224 g/mol. The zero-order chi connectivity index (χ0) is 9.80. The minimum absolute atomic E-state index is 0.343. The van der Waals surface area contributed by atoms with Gasteiger partial charge in [0.15, 0.2) is 0 Å². The molecule has 0 bridgehead atoms. The van der Waals surface area contributed by atoms with Gasteiger partial charge in [-0.2, -0.15) is 11.3 Å². The highest BCUT2D eigenvalue weighted by Crippen LogP contribution is 2.19. The maximum absolute atomic E-state index is 4.33. The van der Waals surface area contributed by atoms with Crippen LogP contribution in [0.3, 0.4) is 0 Å². The number of thiophene rings is 1. The van der Waals surface area contributed by atoms with Gasteiger partial charge in [0.05, 0.1) is 17.2 Å². The molecule has 0 saturated heterocycles. The van der Waals surface area contributed by atoms with Crippen LogP contribution in [0, 0.1) is 0 Å². The van der Waals surface area contributed by atoms with Crippen molar-refractivity contribution >= 4 is 22.7 Å². The van der Waals surface area contributed by atoms with E-state index in [9.17, 15) is 0 Å². The van der Waals surface area contributed by atoms with Gasteiger partial charge in [-0.1, -0.05) is 0 Å². The fourth-order valence-corrected chi connectivity index (χ4v) is 2.68. The molecule has 1 unspecified atom stereocenters. The molecule has 2 aromatic rings. The summed E-state index contributed by atoms with van der Waals surface area (Å²) in [5, 5.41) is 9.70. The van der Waals surface area contributed by atoms with Gasteiger partial charge in [-0.05, 0) is 35.9 Å². The van der Waals surface area contributed by atoms with Crippen LogP contribution in [0.4, 0.5) is 0 Å². The Kier molecular flexibility index (Phi) is 3.29. The predicted octanol–water partition coefficient (Wildman–Crippen LogP) is 2.71. The van der Waals surface area contributed by atoms with E-state index >= 15 is 0 Å². The molecular formula is C10H12N2S2. The molecule has 14 heavy (non-hydrogen) atoms. The fraction of sp³-hybridized carbons (Fsp3) is 0.300. The van der Waals surface area contributed by atoms with E-state index in [-0.39, 0.29) is 0 Å². The second kappa shape index (κ2) is 4.68. The molecule has 0 radical (unpaired) electrons. The predicted molar refractivity (Wildman–Crippen MR) is 61.9 cm³/mol. The SMILES string of the molecule is CNC(Cc1ccsc1)c1cscn1. The van der Waals surface area contributed by atoms with Crippen molar-refractivity contribution in [2.75, 3.05) is 7.05 Å². The first-order chi connectivity index (χ1) is 6.90. The van der Waals surface area contributed by atoms with E-state index < -0.39 is 0 Å². The summed E-state index contributed by atoms with van der Waals surface area (Å²) in [6, 6.07) is 2.51. The molecule has 0 fully saturated rings. The van der Waals surface area contributed by atoms with Crippen LogP contribution in [0.25, 0.3) is 0 Å². The normalized spacial score (nSPS) is 12.9. The average molecular weight is 224 g/mol. The molecule has 2 heterocycles. The van der Waals surface area contributed by atoms with Crippen LogP contribution in [0.15, 0.2) is 27.7 Å². The Morgan fingerprint density at radius 1 is 1.43 bits per heavy atom. The number of aromatic nitrogens is 1. The summed E-state index contributed by atoms with van der Waals surface area (Å²) in [5.74, 6) is 0. The van der Waals surface area contributed by atoms with Crippen LogP contribution in [0.2, 0.25) is 0 Å². The molecule has 2 rings (SSSR count). The van der Waals surface area contributed by atoms with E-state index in [0.29, 0.717) is 6.04 Å². The van der Waals surface area contributed by atoms with Gasteiger partial charge in [0.1, 0.15) is 0 Å². The van der Waals surface area contributed by atoms with Crippen molar-refractivity contribution in [3.63, 3.8) is 0 Å². The lowest BCUT2D eigenvalue weighted by atomic mass is 10.1. The Balaban J connectivity index is 2.08. The fourth-order valence-electron chi connectivity index (χ4n) is 1.39. The maximum Gasteiger partial charge on any atom is 0.0795 e. The van der Waals surface area contributed by atoms with Gasteiger partial charge >= 0.3 is 0 Å². The molecule has 4 heteroatoms. The van der Waals surface area contributed by atoms with Gasteiger partial charge in [-0.15, -0.1) is 11.3 Å². The molecule has 0 aliphatic carbocycles. The molecule has 2 aromatic heterocycles. The lowest BCUT2D eigenvalue weighted by Gasteiger charge is -2.12. The van der Waals surface area contributed by atoms with E-state index in [1.807, 2.05) is 12.6 Å². The molecule has 0 amide bonds. The van der Waals surface area contributed by atoms with Gasteiger partial charge in [-0.25, -0.2) is 4.98 Å². The Hall–Kier alpha value is -0.710. The van der Waals surface area contributed by atoms with Gasteiger partial charge in [0, 0.05) is 5.38 Å². The van der Waals surface area contributed by atoms with Crippen molar-refractivity contribution in [2.24, 2.45) is 0 Å². The zero-order valence-corrected chi connectivity index (χ0v) is 9.57. The van der Waals surface area contributed by atoms with E-state index in [4.69, 9.17) is 0 Å². The minimum atomic E-state index is 0.343. The van der Waals surface area contributed by atoms with E-state index in [2.05, 4.69) is 32.5 Å². The van der Waals surface area contributed by atoms with Crippen molar-refractivity contribution in [1.82, 2.24) is 10.3 Å². The Labute approximate surface area is 91.6 Å². The van der Waals surface area contributed by atoms with Crippen molar-refractivity contribution in [1.29, 1.82) is 0 Å². The largest absolute Gasteiger partial charge is 0.311 e. The van der Waals surface area contributed by atoms with E-state index in [1.165, 1.54) is 5.56 Å². The third-order valence-electron chi connectivity index (χ3n) is 2.18. The Bertz CT molecular complexity index is 353. The zero-order valence-electron chi connectivity index (χ0n) is 7.93. The van der Waals surface area contributed by atoms with Gasteiger partial charge in [0.25, 0.3) is 0 Å². The van der Waals surface area contributed by atoms with Crippen molar-refractivity contribution in [3.05, 3.63) is 39.0 Å².